The van der Waals surface area contributed by atoms with E-state index in [9.17, 15) is 9.59 Å². The molecule has 0 spiro atoms. The molecule has 0 aromatic carbocycles. The number of hydrogen-bond donors (Lipinski definition) is 1. The molecule has 0 aliphatic carbocycles. The molecule has 1 fully saturated rings. The van der Waals surface area contributed by atoms with Gasteiger partial charge >= 0.3 is 6.09 Å². The first-order valence-corrected chi connectivity index (χ1v) is 6.67. The molecule has 1 aliphatic heterocycles. The predicted octanol–water partition coefficient (Wildman–Crippen LogP) is 1.73. The minimum atomic E-state index is -1.05. The molecule has 1 aromatic rings. The van der Waals surface area contributed by atoms with Gasteiger partial charge in [0.1, 0.15) is 6.54 Å². The van der Waals surface area contributed by atoms with Crippen LogP contribution < -0.4 is 0 Å². The number of amides is 2. The zero-order valence-corrected chi connectivity index (χ0v) is 12.0. The fourth-order valence-corrected chi connectivity index (χ4v) is 2.29. The van der Waals surface area contributed by atoms with Gasteiger partial charge in [0.2, 0.25) is 5.91 Å². The molecule has 1 atom stereocenters. The van der Waals surface area contributed by atoms with E-state index in [1.807, 2.05) is 19.1 Å². The van der Waals surface area contributed by atoms with E-state index in [1.165, 1.54) is 0 Å². The Balaban J connectivity index is 2.08. The molecule has 102 valence electrons. The molecular formula is C12H14BrN3O3. The van der Waals surface area contributed by atoms with Crippen molar-refractivity contribution in [3.05, 3.63) is 28.5 Å². The number of carbonyl (C=O) groups excluding carboxylic acids is 1. The minimum absolute atomic E-state index is 0.0871. The number of pyridine rings is 1. The fourth-order valence-electron chi connectivity index (χ4n) is 2.05. The molecule has 1 aliphatic rings. The first kappa shape index (κ1) is 13.8. The summed E-state index contributed by atoms with van der Waals surface area (Å²) in [4.78, 5) is 29.9. The molecule has 0 bridgehead atoms. The highest BCUT2D eigenvalue weighted by Crippen LogP contribution is 2.21. The van der Waals surface area contributed by atoms with Crippen LogP contribution in [0.25, 0.3) is 0 Å². The molecular weight excluding hydrogens is 314 g/mol. The van der Waals surface area contributed by atoms with Gasteiger partial charge in [0, 0.05) is 23.8 Å². The molecule has 2 rings (SSSR count). The molecule has 0 unspecified atom stereocenters. The van der Waals surface area contributed by atoms with E-state index in [2.05, 4.69) is 20.9 Å². The van der Waals surface area contributed by atoms with Crippen molar-refractivity contribution in [2.24, 2.45) is 0 Å². The Hall–Kier alpha value is -1.63. The molecule has 1 N–H and O–H groups in total. The SMILES string of the molecule is C[C@@H](c1ccc(Br)cn1)N1CCN(C(=O)O)CC1=O. The van der Waals surface area contributed by atoms with E-state index < -0.39 is 6.09 Å². The maximum Gasteiger partial charge on any atom is 0.407 e. The number of carboxylic acid groups (broad SMARTS) is 1. The highest BCUT2D eigenvalue weighted by atomic mass is 79.9. The minimum Gasteiger partial charge on any atom is -0.465 e. The van der Waals surface area contributed by atoms with Crippen molar-refractivity contribution in [2.75, 3.05) is 19.6 Å². The number of carbonyl (C=O) groups is 2. The number of halogens is 1. The lowest BCUT2D eigenvalue weighted by molar-refractivity contribution is -0.137. The van der Waals surface area contributed by atoms with Crippen LogP contribution in [0.15, 0.2) is 22.8 Å². The van der Waals surface area contributed by atoms with Crippen LogP contribution in [0.3, 0.4) is 0 Å². The van der Waals surface area contributed by atoms with Crippen LogP contribution in [0.2, 0.25) is 0 Å². The fraction of sp³-hybridized carbons (Fsp3) is 0.417. The molecule has 2 amide bonds. The van der Waals surface area contributed by atoms with Crippen molar-refractivity contribution in [2.45, 2.75) is 13.0 Å². The second kappa shape index (κ2) is 5.56. The van der Waals surface area contributed by atoms with Gasteiger partial charge in [-0.2, -0.15) is 0 Å². The Kier molecular flexibility index (Phi) is 4.04. The van der Waals surface area contributed by atoms with Crippen molar-refractivity contribution >= 4 is 27.9 Å². The molecule has 2 heterocycles. The Bertz CT molecular complexity index is 491. The summed E-state index contributed by atoms with van der Waals surface area (Å²) in [5.41, 5.74) is 0.792. The van der Waals surface area contributed by atoms with E-state index in [1.54, 1.807) is 11.1 Å². The molecule has 0 radical (unpaired) electrons. The zero-order chi connectivity index (χ0) is 14.0. The Morgan fingerprint density at radius 2 is 2.21 bits per heavy atom. The van der Waals surface area contributed by atoms with Gasteiger partial charge in [0.05, 0.1) is 11.7 Å². The van der Waals surface area contributed by atoms with Crippen LogP contribution in [0.1, 0.15) is 18.7 Å². The topological polar surface area (TPSA) is 73.7 Å². The standard InChI is InChI=1S/C12H14BrN3O3/c1-8(10-3-2-9(13)6-14-10)16-5-4-15(12(18)19)7-11(16)17/h2-3,6,8H,4-5,7H2,1H3,(H,18,19)/t8-/m0/s1. The molecule has 0 saturated carbocycles. The lowest BCUT2D eigenvalue weighted by Gasteiger charge is -2.36. The van der Waals surface area contributed by atoms with Crippen LogP contribution in [-0.4, -0.2) is 51.5 Å². The smallest absolute Gasteiger partial charge is 0.407 e. The largest absolute Gasteiger partial charge is 0.465 e. The lowest BCUT2D eigenvalue weighted by Crippen LogP contribution is -2.52. The van der Waals surface area contributed by atoms with E-state index >= 15 is 0 Å². The lowest BCUT2D eigenvalue weighted by atomic mass is 10.1. The summed E-state index contributed by atoms with van der Waals surface area (Å²) in [7, 11) is 0. The van der Waals surface area contributed by atoms with Crippen molar-refractivity contribution in [1.29, 1.82) is 0 Å². The van der Waals surface area contributed by atoms with Crippen molar-refractivity contribution in [1.82, 2.24) is 14.8 Å². The monoisotopic (exact) mass is 327 g/mol. The average Bonchev–Trinajstić information content (AvgIpc) is 2.38. The number of nitrogens with zero attached hydrogens (tertiary/aromatic N) is 3. The van der Waals surface area contributed by atoms with E-state index in [4.69, 9.17) is 5.11 Å². The zero-order valence-electron chi connectivity index (χ0n) is 10.4. The first-order valence-electron chi connectivity index (χ1n) is 5.88. The normalized spacial score (nSPS) is 17.5. The highest BCUT2D eigenvalue weighted by Gasteiger charge is 2.30. The Morgan fingerprint density at radius 1 is 1.47 bits per heavy atom. The van der Waals surface area contributed by atoms with Crippen LogP contribution in [-0.2, 0) is 4.79 Å². The van der Waals surface area contributed by atoms with Crippen LogP contribution in [0.5, 0.6) is 0 Å². The molecule has 1 saturated heterocycles. The maximum atomic E-state index is 12.0. The number of hydrogen-bond acceptors (Lipinski definition) is 3. The molecule has 6 nitrogen and oxygen atoms in total. The molecule has 19 heavy (non-hydrogen) atoms. The average molecular weight is 328 g/mol. The van der Waals surface area contributed by atoms with Gasteiger partial charge < -0.3 is 10.0 Å². The first-order chi connectivity index (χ1) is 8.99. The summed E-state index contributed by atoms with van der Waals surface area (Å²) in [6.07, 6.45) is 0.631. The summed E-state index contributed by atoms with van der Waals surface area (Å²) >= 11 is 3.31. The van der Waals surface area contributed by atoms with Gasteiger partial charge in [-0.05, 0) is 35.0 Å². The third-order valence-electron chi connectivity index (χ3n) is 3.17. The quantitative estimate of drug-likeness (QED) is 0.897. The second-order valence-electron chi connectivity index (χ2n) is 4.37. The summed E-state index contributed by atoms with van der Waals surface area (Å²) < 4.78 is 0.880. The van der Waals surface area contributed by atoms with Crippen LogP contribution in [0.4, 0.5) is 4.79 Å². The van der Waals surface area contributed by atoms with Crippen molar-refractivity contribution in [3.63, 3.8) is 0 Å². The van der Waals surface area contributed by atoms with E-state index in [-0.39, 0.29) is 18.5 Å². The predicted molar refractivity (Wildman–Crippen MR) is 71.7 cm³/mol. The van der Waals surface area contributed by atoms with E-state index in [0.717, 1.165) is 15.1 Å². The van der Waals surface area contributed by atoms with Gasteiger partial charge in [-0.3, -0.25) is 14.7 Å². The van der Waals surface area contributed by atoms with Gasteiger partial charge in [0.15, 0.2) is 0 Å². The van der Waals surface area contributed by atoms with Gasteiger partial charge in [-0.1, -0.05) is 0 Å². The maximum absolute atomic E-state index is 12.0. The van der Waals surface area contributed by atoms with Gasteiger partial charge in [-0.15, -0.1) is 0 Å². The van der Waals surface area contributed by atoms with Gasteiger partial charge in [-0.25, -0.2) is 4.79 Å². The molecule has 1 aromatic heterocycles. The summed E-state index contributed by atoms with van der Waals surface area (Å²) in [5.74, 6) is -0.189. The van der Waals surface area contributed by atoms with Crippen molar-refractivity contribution in [3.8, 4) is 0 Å². The number of rotatable bonds is 2. The van der Waals surface area contributed by atoms with Crippen LogP contribution >= 0.6 is 15.9 Å². The summed E-state index contributed by atoms with van der Waals surface area (Å²) in [5, 5.41) is 8.87. The summed E-state index contributed by atoms with van der Waals surface area (Å²) in [6.45, 7) is 2.53. The van der Waals surface area contributed by atoms with Crippen LogP contribution in [0, 0.1) is 0 Å². The number of aromatic nitrogens is 1. The Labute approximate surface area is 119 Å². The third kappa shape index (κ3) is 3.04. The van der Waals surface area contributed by atoms with Gasteiger partial charge in [0.25, 0.3) is 0 Å². The summed E-state index contributed by atoms with van der Waals surface area (Å²) in [6, 6.07) is 3.57. The third-order valence-corrected chi connectivity index (χ3v) is 3.64. The van der Waals surface area contributed by atoms with E-state index in [0.29, 0.717) is 13.1 Å². The number of piperazine rings is 1. The highest BCUT2D eigenvalue weighted by molar-refractivity contribution is 9.10. The second-order valence-corrected chi connectivity index (χ2v) is 5.28. The van der Waals surface area contributed by atoms with Crippen molar-refractivity contribution < 1.29 is 14.7 Å². The molecule has 7 heteroatoms. The Morgan fingerprint density at radius 3 is 2.74 bits per heavy atom.